The summed E-state index contributed by atoms with van der Waals surface area (Å²) in [7, 11) is 0. The van der Waals surface area contributed by atoms with Crippen molar-refractivity contribution in [2.45, 2.75) is 91.5 Å². The first-order chi connectivity index (χ1) is 16.1. The van der Waals surface area contributed by atoms with E-state index in [0.717, 1.165) is 19.3 Å². The Hall–Kier alpha value is -2.64. The van der Waals surface area contributed by atoms with E-state index in [2.05, 4.69) is 25.2 Å². The van der Waals surface area contributed by atoms with Crippen LogP contribution < -0.4 is 0 Å². The van der Waals surface area contributed by atoms with E-state index in [1.807, 2.05) is 0 Å². The molecule has 0 heterocycles. The van der Waals surface area contributed by atoms with Crippen LogP contribution in [0, 0.1) is 17.8 Å². The highest BCUT2D eigenvalue weighted by Gasteiger charge is 2.40. The quantitative estimate of drug-likeness (QED) is 0.184. The number of allylic oxidation sites excluding steroid dienone is 3. The number of hydrogen-bond acceptors (Lipinski definition) is 8. The van der Waals surface area contributed by atoms with Gasteiger partial charge in [0.25, 0.3) is 0 Å². The van der Waals surface area contributed by atoms with E-state index in [1.54, 1.807) is 0 Å². The summed E-state index contributed by atoms with van der Waals surface area (Å²) in [5.41, 5.74) is 1.20. The first kappa shape index (κ1) is 27.6. The second-order valence-electron chi connectivity index (χ2n) is 9.24. The van der Waals surface area contributed by atoms with E-state index < -0.39 is 30.1 Å². The van der Waals surface area contributed by atoms with Crippen LogP contribution in [0.3, 0.4) is 0 Å². The first-order valence-corrected chi connectivity index (χ1v) is 12.1. The SMILES string of the molecule is CC(=O)O[C@H]1[13CH2]C[13CH]=C2[13CH]=C[13C@H](C)[C@H]([13CH2]C[13C@@H](C[13C@H](C[13CH2][18O]C(C)=O)[18O]C(C)=O)[18O]C(C)=O)[13C@H]21. The maximum atomic E-state index is 11.8. The van der Waals surface area contributed by atoms with E-state index in [-0.39, 0.29) is 36.4 Å². The van der Waals surface area contributed by atoms with E-state index in [1.165, 1.54) is 33.3 Å². The lowest BCUT2D eigenvalue weighted by molar-refractivity contribution is -0.155. The van der Waals surface area contributed by atoms with E-state index in [9.17, 15) is 19.2 Å². The predicted octanol–water partition coefficient (Wildman–Crippen LogP) is 4.06. The monoisotopic (exact) mass is 493 g/mol. The van der Waals surface area contributed by atoms with Gasteiger partial charge in [0.2, 0.25) is 0 Å². The van der Waals surface area contributed by atoms with Gasteiger partial charge in [-0.05, 0) is 43.1 Å². The highest BCUT2D eigenvalue weighted by Crippen LogP contribution is 2.43. The molecule has 8 nitrogen and oxygen atoms in total. The zero-order valence-corrected chi connectivity index (χ0v) is 20.9. The summed E-state index contributed by atoms with van der Waals surface area (Å²) in [4.78, 5) is 46.2. The molecule has 0 radical (unpaired) electrons. The molecular formula is C26H38O8. The molecule has 0 bridgehead atoms. The average molecular weight is 494 g/mol. The third-order valence-electron chi connectivity index (χ3n) is 6.42. The number of carbonyl (C=O) groups excluding carboxylic acids is 4. The third-order valence-corrected chi connectivity index (χ3v) is 6.42. The number of carbonyl (C=O) groups is 4. The van der Waals surface area contributed by atoms with Crippen molar-refractivity contribution in [2.75, 3.05) is 6.61 Å². The van der Waals surface area contributed by atoms with Gasteiger partial charge in [0.1, 0.15) is 18.3 Å². The van der Waals surface area contributed by atoms with Gasteiger partial charge in [0.05, 0.1) is 6.61 Å². The van der Waals surface area contributed by atoms with Gasteiger partial charge < -0.3 is 18.9 Å². The average Bonchev–Trinajstić information content (AvgIpc) is 2.71. The van der Waals surface area contributed by atoms with Crippen molar-refractivity contribution >= 4 is 23.9 Å². The highest BCUT2D eigenvalue weighted by molar-refractivity contribution is 5.67. The van der Waals surface area contributed by atoms with Crippen molar-refractivity contribution in [2.24, 2.45) is 17.8 Å². The van der Waals surface area contributed by atoms with Gasteiger partial charge in [-0.1, -0.05) is 25.2 Å². The second kappa shape index (κ2) is 13.3. The summed E-state index contributed by atoms with van der Waals surface area (Å²) in [6.45, 7) is 7.71. The fraction of sp³-hybridized carbons (Fsp3) is 0.692. The molecule has 0 unspecified atom stereocenters. The Morgan fingerprint density at radius 2 is 1.65 bits per heavy atom. The molecule has 190 valence electrons. The van der Waals surface area contributed by atoms with Crippen LogP contribution in [0.25, 0.3) is 0 Å². The molecule has 2 aliphatic carbocycles. The van der Waals surface area contributed by atoms with Crippen molar-refractivity contribution in [3.63, 3.8) is 0 Å². The lowest BCUT2D eigenvalue weighted by Gasteiger charge is -2.42. The number of rotatable bonds is 11. The van der Waals surface area contributed by atoms with Crippen LogP contribution in [0.2, 0.25) is 0 Å². The summed E-state index contributed by atoms with van der Waals surface area (Å²) in [6.07, 6.45) is 9.01. The standard InChI is InChI=1S/C26H38O8/c1-16-9-10-21-7-6-8-25(34-20(5)30)26(21)24(16)12-11-22(32-18(3)28)15-23(33-19(4)29)13-14-31-17(2)27/h7,9-10,16,22-26H,6,8,11-15H2,1-5H3/t16-,22-,23-,24-,25-,26-/m0/s1/i7+1,8+1,10+1,12+1,14+1,16+1,22+1,23+1,26+1,31+2,32+2,33+2. The van der Waals surface area contributed by atoms with Crippen molar-refractivity contribution in [3.05, 3.63) is 23.8 Å². The van der Waals surface area contributed by atoms with Crippen molar-refractivity contribution in [1.29, 1.82) is 0 Å². The van der Waals surface area contributed by atoms with Crippen molar-refractivity contribution < 1.29 is 38.1 Å². The smallest absolute Gasteiger partial charge is 0.302 e. The van der Waals surface area contributed by atoms with Gasteiger partial charge in [0.15, 0.2) is 0 Å². The Kier molecular flexibility index (Phi) is 10.8. The molecule has 34 heavy (non-hydrogen) atoms. The van der Waals surface area contributed by atoms with Crippen LogP contribution in [0.5, 0.6) is 0 Å². The summed E-state index contributed by atoms with van der Waals surface area (Å²) < 4.78 is 21.7. The minimum atomic E-state index is -0.538. The lowest BCUT2D eigenvalue weighted by Crippen LogP contribution is -2.39. The summed E-state index contributed by atoms with van der Waals surface area (Å²) in [5, 5.41) is 0. The normalized spacial score (nSPS) is 25.3. The molecular weight excluding hydrogens is 455 g/mol. The van der Waals surface area contributed by atoms with Gasteiger partial charge >= 0.3 is 23.9 Å². The molecule has 2 rings (SSSR count). The van der Waals surface area contributed by atoms with Crippen LogP contribution in [-0.4, -0.2) is 48.8 Å². The molecule has 0 N–H and O–H groups in total. The molecule has 0 saturated carbocycles. The number of hydrogen-bond donors (Lipinski definition) is 0. The molecule has 0 fully saturated rings. The molecule has 6 atom stereocenters. The number of esters is 4. The van der Waals surface area contributed by atoms with Crippen molar-refractivity contribution in [3.8, 4) is 0 Å². The molecule has 0 aliphatic heterocycles. The highest BCUT2D eigenvalue weighted by atomic mass is 18.4. The number of ether oxygens (including phenoxy) is 4. The van der Waals surface area contributed by atoms with Crippen LogP contribution >= 0.6 is 0 Å². The second-order valence-corrected chi connectivity index (χ2v) is 9.24. The van der Waals surface area contributed by atoms with Crippen LogP contribution in [0.4, 0.5) is 0 Å². The maximum absolute atomic E-state index is 11.8. The van der Waals surface area contributed by atoms with Crippen LogP contribution in [-0.2, 0) is 38.1 Å². The van der Waals surface area contributed by atoms with Gasteiger partial charge in [-0.15, -0.1) is 0 Å². The molecule has 0 aromatic rings. The van der Waals surface area contributed by atoms with Gasteiger partial charge in [0, 0.05) is 46.5 Å². The minimum Gasteiger partial charge on any atom is -0.466 e. The molecule has 0 aromatic carbocycles. The molecule has 8 heteroatoms. The first-order valence-electron chi connectivity index (χ1n) is 12.1. The van der Waals surface area contributed by atoms with Crippen LogP contribution in [0.15, 0.2) is 23.8 Å². The fourth-order valence-electron chi connectivity index (χ4n) is 5.09. The van der Waals surface area contributed by atoms with Crippen LogP contribution in [0.1, 0.15) is 73.1 Å². The Balaban J connectivity index is 2.12. The Labute approximate surface area is 202 Å². The van der Waals surface area contributed by atoms with E-state index in [4.69, 9.17) is 18.9 Å². The van der Waals surface area contributed by atoms with Crippen molar-refractivity contribution in [1.82, 2.24) is 0 Å². The maximum Gasteiger partial charge on any atom is 0.302 e. The van der Waals surface area contributed by atoms with Gasteiger partial charge in [-0.25, -0.2) is 0 Å². The Bertz CT molecular complexity index is 799. The predicted molar refractivity (Wildman–Crippen MR) is 124 cm³/mol. The molecule has 2 aliphatic rings. The molecule has 0 aromatic heterocycles. The molecule has 0 saturated heterocycles. The molecule has 0 spiro atoms. The fourth-order valence-corrected chi connectivity index (χ4v) is 5.09. The largest absolute Gasteiger partial charge is 0.466 e. The third kappa shape index (κ3) is 8.95. The Morgan fingerprint density at radius 3 is 2.24 bits per heavy atom. The Morgan fingerprint density at radius 1 is 1.00 bits per heavy atom. The topological polar surface area (TPSA) is 105 Å². The van der Waals surface area contributed by atoms with E-state index >= 15 is 0 Å². The lowest BCUT2D eigenvalue weighted by atomic mass is 10.1. The summed E-state index contributed by atoms with van der Waals surface area (Å²) >= 11 is 0. The minimum absolute atomic E-state index is 0.101. The van der Waals surface area contributed by atoms with E-state index in [0.29, 0.717) is 19.3 Å². The molecule has 0 amide bonds. The zero-order valence-electron chi connectivity index (χ0n) is 20.9. The summed E-state index contributed by atoms with van der Waals surface area (Å²) in [5.74, 6) is -0.945. The zero-order chi connectivity index (χ0) is 25.3. The van der Waals surface area contributed by atoms with Gasteiger partial charge in [-0.2, -0.15) is 0 Å². The number of fused-ring (bicyclic) bond motifs is 1. The summed E-state index contributed by atoms with van der Waals surface area (Å²) in [6, 6.07) is 0. The van der Waals surface area contributed by atoms with Gasteiger partial charge in [-0.3, -0.25) is 19.2 Å².